The van der Waals surface area contributed by atoms with Gasteiger partial charge < -0.3 is 20.4 Å². The van der Waals surface area contributed by atoms with Crippen LogP contribution in [0.3, 0.4) is 0 Å². The maximum Gasteiger partial charge on any atom is 0.407 e. The molecule has 2 atom stereocenters. The van der Waals surface area contributed by atoms with Gasteiger partial charge in [0.15, 0.2) is 0 Å². The van der Waals surface area contributed by atoms with Gasteiger partial charge in [-0.1, -0.05) is 0 Å². The molecule has 2 aromatic rings. The van der Waals surface area contributed by atoms with E-state index in [1.165, 1.54) is 10.6 Å². The molecule has 2 amide bonds. The standard InChI is InChI=1S/C23H33N5O5S/c1-14(2)25-23(30)33-19-5-4-15(11-19)17-10-16-12-20(27-21(16)24-13-17)22(29)26-18-6-8-28(9-7-18)34(3,31)32/h10,12-15,18-19H,4-9,11H2,1-3H3,(H,24,27)(H,25,30)(H,26,29)/t15-,19+/m0/s1. The van der Waals surface area contributed by atoms with Crippen molar-refractivity contribution < 1.29 is 22.7 Å². The average Bonchev–Trinajstić information content (AvgIpc) is 3.39. The first-order chi connectivity index (χ1) is 16.1. The number of aromatic amines is 1. The summed E-state index contributed by atoms with van der Waals surface area (Å²) in [6.07, 6.45) is 6.19. The number of nitrogens with one attached hydrogen (secondary N) is 3. The van der Waals surface area contributed by atoms with Crippen molar-refractivity contribution in [3.8, 4) is 0 Å². The number of nitrogens with zero attached hydrogens (tertiary/aromatic N) is 2. The van der Waals surface area contributed by atoms with E-state index in [0.717, 1.165) is 30.2 Å². The summed E-state index contributed by atoms with van der Waals surface area (Å²) >= 11 is 0. The Morgan fingerprint density at radius 3 is 2.59 bits per heavy atom. The molecule has 2 fully saturated rings. The number of aromatic nitrogens is 2. The minimum absolute atomic E-state index is 0.0385. The lowest BCUT2D eigenvalue weighted by molar-refractivity contribution is 0.0918. The summed E-state index contributed by atoms with van der Waals surface area (Å²) in [6, 6.07) is 3.81. The zero-order valence-corrected chi connectivity index (χ0v) is 20.7. The number of piperidine rings is 1. The van der Waals surface area contributed by atoms with Gasteiger partial charge in [-0.2, -0.15) is 0 Å². The maximum absolute atomic E-state index is 12.8. The molecule has 4 rings (SSSR count). The first-order valence-corrected chi connectivity index (χ1v) is 13.6. The van der Waals surface area contributed by atoms with Crippen LogP contribution in [-0.2, 0) is 14.8 Å². The molecule has 0 unspecified atom stereocenters. The first-order valence-electron chi connectivity index (χ1n) is 11.8. The Balaban J connectivity index is 1.35. The van der Waals surface area contributed by atoms with Crippen LogP contribution in [0, 0.1) is 0 Å². The second-order valence-corrected chi connectivity index (χ2v) is 11.6. The van der Waals surface area contributed by atoms with Gasteiger partial charge in [-0.25, -0.2) is 22.5 Å². The largest absolute Gasteiger partial charge is 0.446 e. The molecule has 11 heteroatoms. The minimum Gasteiger partial charge on any atom is -0.446 e. The summed E-state index contributed by atoms with van der Waals surface area (Å²) in [6.45, 7) is 4.61. The van der Waals surface area contributed by atoms with E-state index in [1.54, 1.807) is 6.07 Å². The summed E-state index contributed by atoms with van der Waals surface area (Å²) in [4.78, 5) is 32.2. The summed E-state index contributed by atoms with van der Waals surface area (Å²) in [5.41, 5.74) is 2.15. The monoisotopic (exact) mass is 491 g/mol. The van der Waals surface area contributed by atoms with E-state index in [1.807, 2.05) is 26.1 Å². The Bertz CT molecular complexity index is 1150. The number of carbonyl (C=O) groups is 2. The lowest BCUT2D eigenvalue weighted by Crippen LogP contribution is -2.46. The number of fused-ring (bicyclic) bond motifs is 1. The van der Waals surface area contributed by atoms with E-state index in [-0.39, 0.29) is 36.1 Å². The highest BCUT2D eigenvalue weighted by atomic mass is 32.2. The van der Waals surface area contributed by atoms with E-state index < -0.39 is 10.0 Å². The van der Waals surface area contributed by atoms with Crippen molar-refractivity contribution in [3.63, 3.8) is 0 Å². The summed E-state index contributed by atoms with van der Waals surface area (Å²) < 4.78 is 30.3. The Labute approximate surface area is 199 Å². The van der Waals surface area contributed by atoms with Crippen LogP contribution in [0.25, 0.3) is 11.0 Å². The molecule has 0 spiro atoms. The number of rotatable bonds is 6. The predicted octanol–water partition coefficient (Wildman–Crippen LogP) is 2.49. The Kier molecular flexibility index (Phi) is 7.13. The smallest absolute Gasteiger partial charge is 0.407 e. The number of pyridine rings is 1. The van der Waals surface area contributed by atoms with Crippen LogP contribution in [0.15, 0.2) is 18.3 Å². The molecule has 186 valence electrons. The lowest BCUT2D eigenvalue weighted by atomic mass is 9.99. The molecule has 0 radical (unpaired) electrons. The number of ether oxygens (including phenoxy) is 1. The van der Waals surface area contributed by atoms with Crippen LogP contribution in [0.2, 0.25) is 0 Å². The summed E-state index contributed by atoms with van der Waals surface area (Å²) in [5, 5.41) is 6.61. The SMILES string of the molecule is CC(C)NC(=O)O[C@@H]1CC[C@H](c2cnc3[nH]c(C(=O)NC4CCN(S(C)(=O)=O)CC4)cc3c2)C1. The number of hydrogen-bond donors (Lipinski definition) is 3. The number of sulfonamides is 1. The van der Waals surface area contributed by atoms with Crippen molar-refractivity contribution in [2.75, 3.05) is 19.3 Å². The van der Waals surface area contributed by atoms with Gasteiger partial charge in [0.2, 0.25) is 10.0 Å². The Morgan fingerprint density at radius 1 is 1.18 bits per heavy atom. The topological polar surface area (TPSA) is 133 Å². The third kappa shape index (κ3) is 5.87. The van der Waals surface area contributed by atoms with Crippen LogP contribution >= 0.6 is 0 Å². The van der Waals surface area contributed by atoms with Gasteiger partial charge in [-0.05, 0) is 69.6 Å². The molecule has 0 aromatic carbocycles. The van der Waals surface area contributed by atoms with Gasteiger partial charge in [0.25, 0.3) is 5.91 Å². The zero-order chi connectivity index (χ0) is 24.5. The van der Waals surface area contributed by atoms with Crippen molar-refractivity contribution in [1.29, 1.82) is 0 Å². The molecule has 34 heavy (non-hydrogen) atoms. The fraction of sp³-hybridized carbons (Fsp3) is 0.609. The van der Waals surface area contributed by atoms with Gasteiger partial charge in [-0.3, -0.25) is 4.79 Å². The molecule has 2 aliphatic rings. The summed E-state index contributed by atoms with van der Waals surface area (Å²) in [5.74, 6) is 0.0313. The molecule has 3 N–H and O–H groups in total. The van der Waals surface area contributed by atoms with Crippen molar-refractivity contribution in [2.24, 2.45) is 0 Å². The highest BCUT2D eigenvalue weighted by molar-refractivity contribution is 7.88. The number of amides is 2. The van der Waals surface area contributed by atoms with Gasteiger partial charge in [0.1, 0.15) is 17.4 Å². The van der Waals surface area contributed by atoms with Crippen LogP contribution in [-0.4, -0.2) is 72.2 Å². The average molecular weight is 492 g/mol. The first kappa shape index (κ1) is 24.5. The zero-order valence-electron chi connectivity index (χ0n) is 19.8. The van der Waals surface area contributed by atoms with Gasteiger partial charge >= 0.3 is 6.09 Å². The van der Waals surface area contributed by atoms with Gasteiger partial charge in [-0.15, -0.1) is 0 Å². The number of alkyl carbamates (subject to hydrolysis) is 1. The predicted molar refractivity (Wildman–Crippen MR) is 128 cm³/mol. The normalized spacial score (nSPS) is 22.2. The molecule has 1 saturated carbocycles. The van der Waals surface area contributed by atoms with E-state index in [4.69, 9.17) is 4.74 Å². The Hall–Kier alpha value is -2.66. The molecule has 1 aliphatic carbocycles. The fourth-order valence-corrected chi connectivity index (χ4v) is 5.62. The lowest BCUT2D eigenvalue weighted by Gasteiger charge is -2.30. The van der Waals surface area contributed by atoms with Gasteiger partial charge in [0.05, 0.1) is 6.26 Å². The molecule has 1 saturated heterocycles. The van der Waals surface area contributed by atoms with Crippen molar-refractivity contribution in [2.45, 2.75) is 70.1 Å². The number of carbonyl (C=O) groups excluding carboxylic acids is 2. The maximum atomic E-state index is 12.8. The Morgan fingerprint density at radius 2 is 1.91 bits per heavy atom. The third-order valence-electron chi connectivity index (χ3n) is 6.53. The molecule has 3 heterocycles. The van der Waals surface area contributed by atoms with E-state index in [2.05, 4.69) is 20.6 Å². The summed E-state index contributed by atoms with van der Waals surface area (Å²) in [7, 11) is -3.19. The third-order valence-corrected chi connectivity index (χ3v) is 7.83. The molecule has 2 aromatic heterocycles. The number of hydrogen-bond acceptors (Lipinski definition) is 6. The second-order valence-electron chi connectivity index (χ2n) is 9.64. The molecule has 10 nitrogen and oxygen atoms in total. The van der Waals surface area contributed by atoms with Crippen LogP contribution < -0.4 is 10.6 Å². The van der Waals surface area contributed by atoms with Crippen LogP contribution in [0.1, 0.15) is 67.9 Å². The van der Waals surface area contributed by atoms with E-state index >= 15 is 0 Å². The highest BCUT2D eigenvalue weighted by Gasteiger charge is 2.30. The van der Waals surface area contributed by atoms with E-state index in [9.17, 15) is 18.0 Å². The quantitative estimate of drug-likeness (QED) is 0.569. The second kappa shape index (κ2) is 9.91. The highest BCUT2D eigenvalue weighted by Crippen LogP contribution is 2.36. The molecule has 0 bridgehead atoms. The molecular weight excluding hydrogens is 458 g/mol. The van der Waals surface area contributed by atoms with Crippen molar-refractivity contribution in [1.82, 2.24) is 24.9 Å². The molecular formula is C23H33N5O5S. The van der Waals surface area contributed by atoms with Crippen LogP contribution in [0.5, 0.6) is 0 Å². The molecule has 1 aliphatic heterocycles. The van der Waals surface area contributed by atoms with E-state index in [0.29, 0.717) is 37.3 Å². The van der Waals surface area contributed by atoms with Gasteiger partial charge in [0, 0.05) is 36.8 Å². The van der Waals surface area contributed by atoms with Crippen molar-refractivity contribution >= 4 is 33.1 Å². The fourth-order valence-electron chi connectivity index (χ4n) is 4.74. The number of H-pyrrole nitrogens is 1. The van der Waals surface area contributed by atoms with Crippen molar-refractivity contribution in [3.05, 3.63) is 29.6 Å². The van der Waals surface area contributed by atoms with Crippen LogP contribution in [0.4, 0.5) is 4.79 Å². The minimum atomic E-state index is -3.19.